The van der Waals surface area contributed by atoms with Crippen molar-refractivity contribution in [1.82, 2.24) is 15.1 Å². The molecule has 3 rings (SSSR count). The maximum atomic E-state index is 12.1. The zero-order valence-corrected chi connectivity index (χ0v) is 12.6. The van der Waals surface area contributed by atoms with Crippen LogP contribution in [-0.4, -0.2) is 21.7 Å². The average Bonchev–Trinajstić information content (AvgIpc) is 3.13. The highest BCUT2D eigenvalue weighted by Crippen LogP contribution is 2.19. The maximum absolute atomic E-state index is 12.1. The zero-order chi connectivity index (χ0) is 14.8. The summed E-state index contributed by atoms with van der Waals surface area (Å²) in [6, 6.07) is 5.92. The Morgan fingerprint density at radius 3 is 2.81 bits per heavy atom. The lowest BCUT2D eigenvalue weighted by Crippen LogP contribution is -2.32. The summed E-state index contributed by atoms with van der Waals surface area (Å²) in [5, 5.41) is 7.43. The molecule has 21 heavy (non-hydrogen) atoms. The van der Waals surface area contributed by atoms with Gasteiger partial charge < -0.3 is 9.73 Å². The Labute approximate surface area is 124 Å². The predicted molar refractivity (Wildman–Crippen MR) is 79.2 cm³/mol. The third-order valence-electron chi connectivity index (χ3n) is 3.98. The van der Waals surface area contributed by atoms with E-state index < -0.39 is 0 Å². The van der Waals surface area contributed by atoms with Gasteiger partial charge >= 0.3 is 0 Å². The van der Waals surface area contributed by atoms with E-state index in [0.29, 0.717) is 18.3 Å². The first kappa shape index (κ1) is 13.9. The number of furan rings is 1. The molecule has 1 fully saturated rings. The monoisotopic (exact) mass is 287 g/mol. The summed E-state index contributed by atoms with van der Waals surface area (Å²) in [7, 11) is 0. The van der Waals surface area contributed by atoms with Gasteiger partial charge in [-0.3, -0.25) is 9.48 Å². The standard InChI is InChI=1S/C16H21N3O2/c1-11-9-12(2)19(18-11)10-14-7-8-15(21-14)16(20)17-13-5-3-4-6-13/h7-9,13H,3-6,10H2,1-2H3,(H,17,20). The van der Waals surface area contributed by atoms with Crippen LogP contribution in [0.1, 0.15) is 53.4 Å². The van der Waals surface area contributed by atoms with Gasteiger partial charge in [-0.1, -0.05) is 12.8 Å². The SMILES string of the molecule is Cc1cc(C)n(Cc2ccc(C(=O)NC3CCCC3)o2)n1. The molecule has 5 heteroatoms. The van der Waals surface area contributed by atoms with Crippen LogP contribution in [0.15, 0.2) is 22.6 Å². The fraction of sp³-hybridized carbons (Fsp3) is 0.500. The number of aryl methyl sites for hydroxylation is 2. The van der Waals surface area contributed by atoms with Crippen LogP contribution in [0.2, 0.25) is 0 Å². The molecule has 1 saturated carbocycles. The van der Waals surface area contributed by atoms with E-state index in [2.05, 4.69) is 10.4 Å². The summed E-state index contributed by atoms with van der Waals surface area (Å²) in [5.74, 6) is 1.03. The van der Waals surface area contributed by atoms with Crippen LogP contribution in [0.25, 0.3) is 0 Å². The van der Waals surface area contributed by atoms with Crippen molar-refractivity contribution in [1.29, 1.82) is 0 Å². The molecule has 2 aromatic rings. The summed E-state index contributed by atoms with van der Waals surface area (Å²) in [5.41, 5.74) is 2.07. The van der Waals surface area contributed by atoms with Gasteiger partial charge in [-0.15, -0.1) is 0 Å². The maximum Gasteiger partial charge on any atom is 0.287 e. The highest BCUT2D eigenvalue weighted by Gasteiger charge is 2.20. The molecule has 0 atom stereocenters. The van der Waals surface area contributed by atoms with Crippen LogP contribution in [-0.2, 0) is 6.54 Å². The van der Waals surface area contributed by atoms with Crippen LogP contribution in [0.5, 0.6) is 0 Å². The van der Waals surface area contributed by atoms with Crippen molar-refractivity contribution >= 4 is 5.91 Å². The summed E-state index contributed by atoms with van der Waals surface area (Å²) in [4.78, 5) is 12.1. The Morgan fingerprint density at radius 1 is 1.38 bits per heavy atom. The number of hydrogen-bond acceptors (Lipinski definition) is 3. The summed E-state index contributed by atoms with van der Waals surface area (Å²) in [6.07, 6.45) is 4.55. The molecule has 1 N–H and O–H groups in total. The lowest BCUT2D eigenvalue weighted by Gasteiger charge is -2.09. The van der Waals surface area contributed by atoms with Gasteiger partial charge in [0.1, 0.15) is 5.76 Å². The van der Waals surface area contributed by atoms with Gasteiger partial charge in [-0.2, -0.15) is 5.10 Å². The molecule has 112 valence electrons. The summed E-state index contributed by atoms with van der Waals surface area (Å²) >= 11 is 0. The Balaban J connectivity index is 1.65. The molecular formula is C16H21N3O2. The molecule has 5 nitrogen and oxygen atoms in total. The number of hydrogen-bond donors (Lipinski definition) is 1. The summed E-state index contributed by atoms with van der Waals surface area (Å²) < 4.78 is 7.53. The van der Waals surface area contributed by atoms with E-state index in [1.807, 2.05) is 30.7 Å². The van der Waals surface area contributed by atoms with Crippen LogP contribution in [0.3, 0.4) is 0 Å². The number of rotatable bonds is 4. The van der Waals surface area contributed by atoms with Crippen molar-refractivity contribution in [3.8, 4) is 0 Å². The Bertz CT molecular complexity index is 636. The molecule has 1 amide bonds. The van der Waals surface area contributed by atoms with Crippen molar-refractivity contribution in [2.75, 3.05) is 0 Å². The number of amides is 1. The Kier molecular flexibility index (Phi) is 3.82. The number of nitrogens with zero attached hydrogens (tertiary/aromatic N) is 2. The first-order chi connectivity index (χ1) is 10.1. The van der Waals surface area contributed by atoms with Crippen molar-refractivity contribution in [3.63, 3.8) is 0 Å². The molecule has 0 aliphatic heterocycles. The van der Waals surface area contributed by atoms with E-state index in [-0.39, 0.29) is 5.91 Å². The van der Waals surface area contributed by atoms with Crippen molar-refractivity contribution in [2.24, 2.45) is 0 Å². The molecule has 0 saturated heterocycles. The van der Waals surface area contributed by atoms with Crippen LogP contribution < -0.4 is 5.32 Å². The van der Waals surface area contributed by atoms with E-state index in [9.17, 15) is 4.79 Å². The second-order valence-electron chi connectivity index (χ2n) is 5.81. The van der Waals surface area contributed by atoms with Gasteiger partial charge in [-0.05, 0) is 44.9 Å². The van der Waals surface area contributed by atoms with Gasteiger partial charge in [0.15, 0.2) is 5.76 Å². The van der Waals surface area contributed by atoms with E-state index in [1.165, 1.54) is 12.8 Å². The van der Waals surface area contributed by atoms with Crippen molar-refractivity contribution < 1.29 is 9.21 Å². The van der Waals surface area contributed by atoms with Gasteiger partial charge in [-0.25, -0.2) is 0 Å². The number of carbonyl (C=O) groups is 1. The smallest absolute Gasteiger partial charge is 0.287 e. The van der Waals surface area contributed by atoms with Crippen molar-refractivity contribution in [3.05, 3.63) is 41.1 Å². The zero-order valence-electron chi connectivity index (χ0n) is 12.6. The normalized spacial score (nSPS) is 15.5. The molecular weight excluding hydrogens is 266 g/mol. The number of aromatic nitrogens is 2. The van der Waals surface area contributed by atoms with Gasteiger partial charge in [0.05, 0.1) is 12.2 Å². The topological polar surface area (TPSA) is 60.1 Å². The summed E-state index contributed by atoms with van der Waals surface area (Å²) in [6.45, 7) is 4.53. The molecule has 0 bridgehead atoms. The second-order valence-corrected chi connectivity index (χ2v) is 5.81. The Hall–Kier alpha value is -2.04. The third-order valence-corrected chi connectivity index (χ3v) is 3.98. The lowest BCUT2D eigenvalue weighted by atomic mass is 10.2. The van der Waals surface area contributed by atoms with E-state index in [1.54, 1.807) is 6.07 Å². The molecule has 0 aromatic carbocycles. The highest BCUT2D eigenvalue weighted by molar-refractivity contribution is 5.91. The molecule has 1 aliphatic rings. The highest BCUT2D eigenvalue weighted by atomic mass is 16.4. The molecule has 2 aromatic heterocycles. The first-order valence-electron chi connectivity index (χ1n) is 7.52. The van der Waals surface area contributed by atoms with E-state index in [0.717, 1.165) is 30.0 Å². The van der Waals surface area contributed by atoms with Crippen molar-refractivity contribution in [2.45, 2.75) is 52.1 Å². The van der Waals surface area contributed by atoms with Gasteiger partial charge in [0.25, 0.3) is 5.91 Å². The second kappa shape index (κ2) is 5.76. The quantitative estimate of drug-likeness (QED) is 0.940. The van der Waals surface area contributed by atoms with Gasteiger partial charge in [0, 0.05) is 11.7 Å². The molecule has 0 radical (unpaired) electrons. The van der Waals surface area contributed by atoms with E-state index >= 15 is 0 Å². The first-order valence-corrected chi connectivity index (χ1v) is 7.52. The molecule has 1 aliphatic carbocycles. The molecule has 0 spiro atoms. The largest absolute Gasteiger partial charge is 0.454 e. The fourth-order valence-corrected chi connectivity index (χ4v) is 2.89. The minimum atomic E-state index is -0.110. The number of carbonyl (C=O) groups excluding carboxylic acids is 1. The fourth-order valence-electron chi connectivity index (χ4n) is 2.89. The van der Waals surface area contributed by atoms with Crippen LogP contribution >= 0.6 is 0 Å². The Morgan fingerprint density at radius 2 is 2.14 bits per heavy atom. The lowest BCUT2D eigenvalue weighted by molar-refractivity contribution is 0.0907. The average molecular weight is 287 g/mol. The van der Waals surface area contributed by atoms with Crippen LogP contribution in [0, 0.1) is 13.8 Å². The number of nitrogens with one attached hydrogen (secondary N) is 1. The molecule has 0 unspecified atom stereocenters. The van der Waals surface area contributed by atoms with E-state index in [4.69, 9.17) is 4.42 Å². The predicted octanol–water partition coefficient (Wildman–Crippen LogP) is 2.81. The molecule has 2 heterocycles. The third kappa shape index (κ3) is 3.17. The minimum Gasteiger partial charge on any atom is -0.454 e. The minimum absolute atomic E-state index is 0.110. The van der Waals surface area contributed by atoms with Gasteiger partial charge in [0.2, 0.25) is 0 Å². The van der Waals surface area contributed by atoms with Crippen LogP contribution in [0.4, 0.5) is 0 Å².